The molecule has 1 aromatic carbocycles. The first-order chi connectivity index (χ1) is 11.8. The molecule has 25 heavy (non-hydrogen) atoms. The molecular formula is C20H26N2O3. The molecule has 2 rings (SSSR count). The molecule has 5 heteroatoms. The average molecular weight is 342 g/mol. The van der Waals surface area contributed by atoms with E-state index in [1.54, 1.807) is 6.92 Å². The lowest BCUT2D eigenvalue weighted by Crippen LogP contribution is -2.51. The molecule has 0 saturated carbocycles. The van der Waals surface area contributed by atoms with Crippen LogP contribution >= 0.6 is 0 Å². The number of nitrogens with one attached hydrogen (secondary N) is 2. The number of amides is 1. The molecule has 0 fully saturated rings. The van der Waals surface area contributed by atoms with Gasteiger partial charge in [-0.1, -0.05) is 44.2 Å². The summed E-state index contributed by atoms with van der Waals surface area (Å²) in [5, 5.41) is 12.0. The maximum Gasteiger partial charge on any atom is 0.305 e. The van der Waals surface area contributed by atoms with Crippen LogP contribution in [0.4, 0.5) is 0 Å². The number of aromatic nitrogens is 1. The maximum absolute atomic E-state index is 12.3. The van der Waals surface area contributed by atoms with E-state index in [4.69, 9.17) is 5.11 Å². The average Bonchev–Trinajstić information content (AvgIpc) is 3.02. The molecule has 0 aliphatic heterocycles. The summed E-state index contributed by atoms with van der Waals surface area (Å²) in [7, 11) is 0. The smallest absolute Gasteiger partial charge is 0.305 e. The van der Waals surface area contributed by atoms with E-state index in [0.29, 0.717) is 12.8 Å². The number of H-pyrrole nitrogens is 1. The van der Waals surface area contributed by atoms with Crippen LogP contribution in [0.3, 0.4) is 0 Å². The van der Waals surface area contributed by atoms with Crippen LogP contribution in [0.15, 0.2) is 42.5 Å². The molecule has 1 unspecified atom stereocenters. The SMILES string of the molecule is CC(C)C(C)(CC(=O)O)NC(=O)CCc1ccc(-c2ccccc2)[nH]1. The number of aromatic amines is 1. The minimum atomic E-state index is -0.909. The topological polar surface area (TPSA) is 82.2 Å². The molecule has 1 amide bonds. The Labute approximate surface area is 148 Å². The first-order valence-electron chi connectivity index (χ1n) is 8.56. The first-order valence-corrected chi connectivity index (χ1v) is 8.56. The second-order valence-electron chi connectivity index (χ2n) is 6.95. The molecular weight excluding hydrogens is 316 g/mol. The number of hydrogen-bond donors (Lipinski definition) is 3. The lowest BCUT2D eigenvalue weighted by molar-refractivity contribution is -0.139. The highest BCUT2D eigenvalue weighted by Gasteiger charge is 2.32. The number of hydrogen-bond acceptors (Lipinski definition) is 2. The number of rotatable bonds is 8. The van der Waals surface area contributed by atoms with Gasteiger partial charge in [-0.3, -0.25) is 9.59 Å². The first kappa shape index (κ1) is 18.8. The predicted molar refractivity (Wildman–Crippen MR) is 98.2 cm³/mol. The van der Waals surface area contributed by atoms with Gasteiger partial charge in [-0.25, -0.2) is 0 Å². The Morgan fingerprint density at radius 2 is 1.84 bits per heavy atom. The van der Waals surface area contributed by atoms with Crippen molar-refractivity contribution in [3.63, 3.8) is 0 Å². The van der Waals surface area contributed by atoms with Gasteiger partial charge in [0.1, 0.15) is 0 Å². The maximum atomic E-state index is 12.3. The van der Waals surface area contributed by atoms with Crippen molar-refractivity contribution in [2.24, 2.45) is 5.92 Å². The van der Waals surface area contributed by atoms with Gasteiger partial charge in [-0.15, -0.1) is 0 Å². The van der Waals surface area contributed by atoms with Crippen LogP contribution in [0.2, 0.25) is 0 Å². The van der Waals surface area contributed by atoms with E-state index in [9.17, 15) is 9.59 Å². The number of aryl methyl sites for hydroxylation is 1. The second kappa shape index (κ2) is 8.01. The fourth-order valence-corrected chi connectivity index (χ4v) is 2.71. The summed E-state index contributed by atoms with van der Waals surface area (Å²) in [4.78, 5) is 26.7. The summed E-state index contributed by atoms with van der Waals surface area (Å²) in [6.07, 6.45) is 0.813. The van der Waals surface area contributed by atoms with Crippen LogP contribution in [0.5, 0.6) is 0 Å². The van der Waals surface area contributed by atoms with Gasteiger partial charge in [0.05, 0.1) is 6.42 Å². The normalized spacial score (nSPS) is 13.4. The highest BCUT2D eigenvalue weighted by molar-refractivity contribution is 5.78. The number of carboxylic acid groups (broad SMARTS) is 1. The zero-order valence-electron chi connectivity index (χ0n) is 15.0. The van der Waals surface area contributed by atoms with Crippen LogP contribution in [0, 0.1) is 5.92 Å². The van der Waals surface area contributed by atoms with Crippen molar-refractivity contribution in [1.29, 1.82) is 0 Å². The highest BCUT2D eigenvalue weighted by Crippen LogP contribution is 2.22. The summed E-state index contributed by atoms with van der Waals surface area (Å²) < 4.78 is 0. The molecule has 1 aromatic heterocycles. The summed E-state index contributed by atoms with van der Waals surface area (Å²) in [5.74, 6) is -1.01. The van der Waals surface area contributed by atoms with Crippen molar-refractivity contribution >= 4 is 11.9 Å². The van der Waals surface area contributed by atoms with Crippen molar-refractivity contribution in [2.75, 3.05) is 0 Å². The molecule has 3 N–H and O–H groups in total. The van der Waals surface area contributed by atoms with Crippen molar-refractivity contribution < 1.29 is 14.7 Å². The monoisotopic (exact) mass is 342 g/mol. The van der Waals surface area contributed by atoms with Crippen molar-refractivity contribution in [1.82, 2.24) is 10.3 Å². The Bertz CT molecular complexity index is 722. The summed E-state index contributed by atoms with van der Waals surface area (Å²) in [6.45, 7) is 5.62. The third-order valence-electron chi connectivity index (χ3n) is 4.67. The van der Waals surface area contributed by atoms with Crippen LogP contribution in [0.25, 0.3) is 11.3 Å². The molecule has 134 valence electrons. The standard InChI is InChI=1S/C20H26N2O3/c1-14(2)20(3,13-19(24)25)22-18(23)12-10-16-9-11-17(21-16)15-7-5-4-6-8-15/h4-9,11,14,21H,10,12-13H2,1-3H3,(H,22,23)(H,24,25). The third kappa shape index (κ3) is 5.21. The summed E-state index contributed by atoms with van der Waals surface area (Å²) in [6, 6.07) is 14.0. The summed E-state index contributed by atoms with van der Waals surface area (Å²) in [5.41, 5.74) is 2.37. The molecule has 0 spiro atoms. The fourth-order valence-electron chi connectivity index (χ4n) is 2.71. The molecule has 0 radical (unpaired) electrons. The van der Waals surface area contributed by atoms with Crippen molar-refractivity contribution in [2.45, 2.75) is 45.6 Å². The molecule has 0 saturated heterocycles. The Kier molecular flexibility index (Phi) is 6.02. The molecule has 2 aromatic rings. The molecule has 5 nitrogen and oxygen atoms in total. The van der Waals surface area contributed by atoms with Crippen LogP contribution < -0.4 is 5.32 Å². The number of carboxylic acids is 1. The fraction of sp³-hybridized carbons (Fsp3) is 0.400. The highest BCUT2D eigenvalue weighted by atomic mass is 16.4. The molecule has 0 aliphatic rings. The van der Waals surface area contributed by atoms with Gasteiger partial charge >= 0.3 is 5.97 Å². The van der Waals surface area contributed by atoms with Crippen LogP contribution in [-0.2, 0) is 16.0 Å². The molecule has 1 atom stereocenters. The summed E-state index contributed by atoms with van der Waals surface area (Å²) >= 11 is 0. The quantitative estimate of drug-likeness (QED) is 0.685. The van der Waals surface area contributed by atoms with Gasteiger partial charge in [0.2, 0.25) is 5.91 Å². The van der Waals surface area contributed by atoms with E-state index < -0.39 is 11.5 Å². The lowest BCUT2D eigenvalue weighted by atomic mass is 9.85. The Balaban J connectivity index is 1.94. The van der Waals surface area contributed by atoms with Gasteiger partial charge in [-0.2, -0.15) is 0 Å². The van der Waals surface area contributed by atoms with E-state index in [-0.39, 0.29) is 18.2 Å². The molecule has 0 aliphatic carbocycles. The second-order valence-corrected chi connectivity index (χ2v) is 6.95. The number of carbonyl (C=O) groups is 2. The van der Waals surface area contributed by atoms with E-state index in [1.165, 1.54) is 0 Å². The number of benzene rings is 1. The van der Waals surface area contributed by atoms with E-state index in [1.807, 2.05) is 56.3 Å². The van der Waals surface area contributed by atoms with Gasteiger partial charge in [0, 0.05) is 23.3 Å². The van der Waals surface area contributed by atoms with Gasteiger partial charge in [0.15, 0.2) is 0 Å². The van der Waals surface area contributed by atoms with Crippen LogP contribution in [0.1, 0.15) is 39.3 Å². The van der Waals surface area contributed by atoms with Crippen LogP contribution in [-0.4, -0.2) is 27.5 Å². The Hall–Kier alpha value is -2.56. The van der Waals surface area contributed by atoms with E-state index in [2.05, 4.69) is 10.3 Å². The Morgan fingerprint density at radius 3 is 2.44 bits per heavy atom. The van der Waals surface area contributed by atoms with E-state index >= 15 is 0 Å². The third-order valence-corrected chi connectivity index (χ3v) is 4.67. The molecule has 1 heterocycles. The van der Waals surface area contributed by atoms with Gasteiger partial charge in [-0.05, 0) is 37.0 Å². The predicted octanol–water partition coefficient (Wildman–Crippen LogP) is 3.62. The van der Waals surface area contributed by atoms with Crippen molar-refractivity contribution in [3.8, 4) is 11.3 Å². The minimum Gasteiger partial charge on any atom is -0.481 e. The minimum absolute atomic E-state index is 0.0303. The number of aliphatic carboxylic acids is 1. The van der Waals surface area contributed by atoms with Crippen molar-refractivity contribution in [3.05, 3.63) is 48.2 Å². The lowest BCUT2D eigenvalue weighted by Gasteiger charge is -2.33. The zero-order chi connectivity index (χ0) is 18.4. The van der Waals surface area contributed by atoms with E-state index in [0.717, 1.165) is 17.0 Å². The Morgan fingerprint density at radius 1 is 1.16 bits per heavy atom. The van der Waals surface area contributed by atoms with Gasteiger partial charge < -0.3 is 15.4 Å². The largest absolute Gasteiger partial charge is 0.481 e. The van der Waals surface area contributed by atoms with Gasteiger partial charge in [0.25, 0.3) is 0 Å². The molecule has 0 bridgehead atoms. The number of carbonyl (C=O) groups excluding carboxylic acids is 1. The zero-order valence-corrected chi connectivity index (χ0v) is 15.0.